The van der Waals surface area contributed by atoms with Crippen molar-refractivity contribution in [1.29, 1.82) is 0 Å². The van der Waals surface area contributed by atoms with Gasteiger partial charge in [-0.1, -0.05) is 51.1 Å². The predicted octanol–water partition coefficient (Wildman–Crippen LogP) is 4.66. The Balaban J connectivity index is 2.24. The monoisotopic (exact) mass is 286 g/mol. The summed E-state index contributed by atoms with van der Waals surface area (Å²) in [5.74, 6) is -0.298. The Hall–Kier alpha value is -1.74. The zero-order chi connectivity index (χ0) is 15.5. The van der Waals surface area contributed by atoms with Gasteiger partial charge >= 0.3 is 0 Å². The van der Waals surface area contributed by atoms with Gasteiger partial charge in [0.1, 0.15) is 5.82 Å². The summed E-state index contributed by atoms with van der Waals surface area (Å²) in [5.41, 5.74) is 2.15. The lowest BCUT2D eigenvalue weighted by molar-refractivity contribution is 0.254. The Morgan fingerprint density at radius 3 is 2.29 bits per heavy atom. The lowest BCUT2D eigenvalue weighted by Crippen LogP contribution is -2.34. The fraction of sp³-hybridized carbons (Fsp3) is 0.389. The summed E-state index contributed by atoms with van der Waals surface area (Å²) >= 11 is 0. The number of nitrogens with zero attached hydrogens (tertiary/aromatic N) is 1. The van der Waals surface area contributed by atoms with Gasteiger partial charge in [0.15, 0.2) is 0 Å². The molecule has 0 amide bonds. The highest BCUT2D eigenvalue weighted by Crippen LogP contribution is 2.34. The molecule has 0 aliphatic rings. The van der Waals surface area contributed by atoms with Crippen molar-refractivity contribution in [2.45, 2.75) is 39.8 Å². The van der Waals surface area contributed by atoms with Crippen LogP contribution in [0.2, 0.25) is 0 Å². The van der Waals surface area contributed by atoms with Crippen LogP contribution in [0.5, 0.6) is 0 Å². The molecule has 0 aliphatic heterocycles. The fourth-order valence-corrected chi connectivity index (χ4v) is 2.50. The second kappa shape index (κ2) is 6.35. The van der Waals surface area contributed by atoms with Crippen LogP contribution in [0.15, 0.2) is 48.8 Å². The van der Waals surface area contributed by atoms with Crippen LogP contribution >= 0.6 is 0 Å². The molecule has 1 heterocycles. The van der Waals surface area contributed by atoms with Gasteiger partial charge in [0.05, 0.1) is 6.20 Å². The lowest BCUT2D eigenvalue weighted by Gasteiger charge is -2.34. The number of aromatic nitrogens is 1. The third-order valence-electron chi connectivity index (χ3n) is 3.64. The topological polar surface area (TPSA) is 24.9 Å². The molecule has 2 aromatic rings. The molecular weight excluding hydrogens is 263 g/mol. The first-order chi connectivity index (χ1) is 9.88. The van der Waals surface area contributed by atoms with Crippen molar-refractivity contribution >= 4 is 0 Å². The Morgan fingerprint density at radius 1 is 1.05 bits per heavy atom. The summed E-state index contributed by atoms with van der Waals surface area (Å²) < 4.78 is 13.3. The Morgan fingerprint density at radius 2 is 1.71 bits per heavy atom. The molecule has 112 valence electrons. The number of benzene rings is 1. The molecule has 3 heteroatoms. The number of pyridine rings is 1. The molecule has 0 spiro atoms. The van der Waals surface area contributed by atoms with Crippen molar-refractivity contribution in [3.8, 4) is 0 Å². The molecule has 2 unspecified atom stereocenters. The number of hydrogen-bond acceptors (Lipinski definition) is 2. The third-order valence-corrected chi connectivity index (χ3v) is 3.64. The van der Waals surface area contributed by atoms with Gasteiger partial charge in [0.25, 0.3) is 0 Å². The van der Waals surface area contributed by atoms with E-state index >= 15 is 0 Å². The first-order valence-corrected chi connectivity index (χ1v) is 7.29. The summed E-state index contributed by atoms with van der Waals surface area (Å²) in [7, 11) is 0. The SMILES string of the molecule is CC(NC(c1ccccc1)C(C)(C)C)c1cncc(F)c1. The van der Waals surface area contributed by atoms with E-state index in [2.05, 4.69) is 43.2 Å². The number of halogens is 1. The number of nitrogens with one attached hydrogen (secondary N) is 1. The maximum atomic E-state index is 13.3. The van der Waals surface area contributed by atoms with Gasteiger partial charge in [-0.3, -0.25) is 4.98 Å². The molecular formula is C18H23FN2. The summed E-state index contributed by atoms with van der Waals surface area (Å²) in [4.78, 5) is 3.93. The molecule has 21 heavy (non-hydrogen) atoms. The highest BCUT2D eigenvalue weighted by atomic mass is 19.1. The maximum Gasteiger partial charge on any atom is 0.141 e. The molecule has 1 aromatic carbocycles. The van der Waals surface area contributed by atoms with E-state index in [9.17, 15) is 4.39 Å². The Bertz CT molecular complexity index is 575. The van der Waals surface area contributed by atoms with Crippen LogP contribution in [0.3, 0.4) is 0 Å². The molecule has 0 aliphatic carbocycles. The van der Waals surface area contributed by atoms with E-state index in [0.717, 1.165) is 5.56 Å². The van der Waals surface area contributed by atoms with Crippen LogP contribution in [0.25, 0.3) is 0 Å². The van der Waals surface area contributed by atoms with Crippen molar-refractivity contribution in [3.05, 3.63) is 65.7 Å². The van der Waals surface area contributed by atoms with E-state index in [0.29, 0.717) is 0 Å². The lowest BCUT2D eigenvalue weighted by atomic mass is 9.81. The second-order valence-electron chi connectivity index (χ2n) is 6.53. The largest absolute Gasteiger partial charge is 0.303 e. The van der Waals surface area contributed by atoms with Gasteiger partial charge in [0, 0.05) is 18.3 Å². The quantitative estimate of drug-likeness (QED) is 0.884. The molecule has 0 saturated heterocycles. The molecule has 2 nitrogen and oxygen atoms in total. The molecule has 1 N–H and O–H groups in total. The molecule has 0 radical (unpaired) electrons. The van der Waals surface area contributed by atoms with Crippen molar-refractivity contribution < 1.29 is 4.39 Å². The molecule has 2 atom stereocenters. The first kappa shape index (κ1) is 15.6. The van der Waals surface area contributed by atoms with Crippen molar-refractivity contribution in [2.75, 3.05) is 0 Å². The number of hydrogen-bond donors (Lipinski definition) is 1. The van der Waals surface area contributed by atoms with Crippen LogP contribution in [0, 0.1) is 11.2 Å². The van der Waals surface area contributed by atoms with E-state index in [1.54, 1.807) is 6.20 Å². The van der Waals surface area contributed by atoms with E-state index < -0.39 is 0 Å². The van der Waals surface area contributed by atoms with Gasteiger partial charge in [-0.25, -0.2) is 4.39 Å². The van der Waals surface area contributed by atoms with E-state index in [4.69, 9.17) is 0 Å². The van der Waals surface area contributed by atoms with Crippen molar-refractivity contribution in [3.63, 3.8) is 0 Å². The zero-order valence-corrected chi connectivity index (χ0v) is 13.1. The summed E-state index contributed by atoms with van der Waals surface area (Å²) in [5, 5.41) is 3.61. The average Bonchev–Trinajstić information content (AvgIpc) is 2.44. The van der Waals surface area contributed by atoms with Gasteiger partial charge in [-0.2, -0.15) is 0 Å². The maximum absolute atomic E-state index is 13.3. The zero-order valence-electron chi connectivity index (χ0n) is 13.1. The summed E-state index contributed by atoms with van der Waals surface area (Å²) in [6, 6.07) is 12.1. The third kappa shape index (κ3) is 4.11. The second-order valence-corrected chi connectivity index (χ2v) is 6.53. The minimum atomic E-state index is -0.298. The first-order valence-electron chi connectivity index (χ1n) is 7.29. The smallest absolute Gasteiger partial charge is 0.141 e. The van der Waals surface area contributed by atoms with Gasteiger partial charge in [-0.05, 0) is 29.5 Å². The van der Waals surface area contributed by atoms with Crippen LogP contribution in [0.1, 0.15) is 50.9 Å². The minimum absolute atomic E-state index is 0.0256. The summed E-state index contributed by atoms with van der Waals surface area (Å²) in [6.45, 7) is 8.65. The van der Waals surface area contributed by atoms with Crippen LogP contribution in [-0.4, -0.2) is 4.98 Å². The molecule has 2 rings (SSSR count). The average molecular weight is 286 g/mol. The van der Waals surface area contributed by atoms with E-state index in [-0.39, 0.29) is 23.3 Å². The Labute approximate surface area is 126 Å². The normalized spacial score (nSPS) is 14.7. The van der Waals surface area contributed by atoms with Gasteiger partial charge in [-0.15, -0.1) is 0 Å². The highest BCUT2D eigenvalue weighted by molar-refractivity contribution is 5.22. The highest BCUT2D eigenvalue weighted by Gasteiger charge is 2.27. The molecule has 0 fully saturated rings. The van der Waals surface area contributed by atoms with Crippen molar-refractivity contribution in [2.24, 2.45) is 5.41 Å². The van der Waals surface area contributed by atoms with Gasteiger partial charge < -0.3 is 5.32 Å². The Kier molecular flexibility index (Phi) is 4.73. The van der Waals surface area contributed by atoms with Crippen LogP contribution in [-0.2, 0) is 0 Å². The van der Waals surface area contributed by atoms with E-state index in [1.165, 1.54) is 17.8 Å². The van der Waals surface area contributed by atoms with Crippen LogP contribution < -0.4 is 5.32 Å². The standard InChI is InChI=1S/C18H23FN2/c1-13(15-10-16(19)12-20-11-15)21-17(18(2,3)4)14-8-6-5-7-9-14/h5-13,17,21H,1-4H3. The van der Waals surface area contributed by atoms with Crippen molar-refractivity contribution in [1.82, 2.24) is 10.3 Å². The fourth-order valence-electron chi connectivity index (χ4n) is 2.50. The minimum Gasteiger partial charge on any atom is -0.303 e. The molecule has 1 aromatic heterocycles. The van der Waals surface area contributed by atoms with E-state index in [1.807, 2.05) is 25.1 Å². The predicted molar refractivity (Wildman–Crippen MR) is 84.4 cm³/mol. The van der Waals surface area contributed by atoms with Crippen LogP contribution in [0.4, 0.5) is 4.39 Å². The summed E-state index contributed by atoms with van der Waals surface area (Å²) in [6.07, 6.45) is 2.94. The molecule has 0 bridgehead atoms. The number of rotatable bonds is 4. The molecule has 0 saturated carbocycles. The van der Waals surface area contributed by atoms with Gasteiger partial charge in [0.2, 0.25) is 0 Å².